The standard InChI is InChI=1S/C33H33FN6O4/c1-18-21(6-5-9-25(18)38-31(42)24-14-15-36-40(2)33(24)43)22-7-4-8-23(30(22)34)27-16-19-10-12-26(29(19)32(39-27)44-3)35-17-20-11-13-28(41)37-20/h4-9,14-16,20,26,35H,10-13,17H2,1-3H3,(H,37,41)(H,38,42). The molecule has 4 aromatic rings. The zero-order valence-corrected chi connectivity index (χ0v) is 24.7. The normalized spacial score (nSPS) is 17.3. The number of benzene rings is 2. The van der Waals surface area contributed by atoms with Gasteiger partial charge >= 0.3 is 0 Å². The van der Waals surface area contributed by atoms with Crippen molar-refractivity contribution in [3.05, 3.63) is 93.2 Å². The summed E-state index contributed by atoms with van der Waals surface area (Å²) < 4.78 is 23.1. The Kier molecular flexibility index (Phi) is 7.96. The van der Waals surface area contributed by atoms with Crippen molar-refractivity contribution in [2.75, 3.05) is 19.0 Å². The molecule has 0 spiro atoms. The highest BCUT2D eigenvalue weighted by Crippen LogP contribution is 2.41. The number of aromatic nitrogens is 3. The average Bonchev–Trinajstić information content (AvgIpc) is 3.63. The lowest BCUT2D eigenvalue weighted by Crippen LogP contribution is -2.37. The number of carbonyl (C=O) groups is 2. The predicted octanol–water partition coefficient (Wildman–Crippen LogP) is 4.07. The highest BCUT2D eigenvalue weighted by molar-refractivity contribution is 6.04. The Labute approximate surface area is 253 Å². The minimum atomic E-state index is -0.572. The van der Waals surface area contributed by atoms with E-state index < -0.39 is 17.3 Å². The number of amides is 2. The fourth-order valence-corrected chi connectivity index (χ4v) is 6.09. The molecule has 2 aromatic carbocycles. The van der Waals surface area contributed by atoms with Gasteiger partial charge in [0.1, 0.15) is 11.4 Å². The third-order valence-corrected chi connectivity index (χ3v) is 8.45. The van der Waals surface area contributed by atoms with Crippen molar-refractivity contribution in [2.45, 2.75) is 44.7 Å². The Morgan fingerprint density at radius 2 is 1.86 bits per heavy atom. The number of rotatable bonds is 8. The lowest BCUT2D eigenvalue weighted by Gasteiger charge is -2.20. The molecule has 3 N–H and O–H groups in total. The van der Waals surface area contributed by atoms with Crippen LogP contribution in [0.25, 0.3) is 22.4 Å². The van der Waals surface area contributed by atoms with Crippen molar-refractivity contribution >= 4 is 17.5 Å². The van der Waals surface area contributed by atoms with Crippen LogP contribution in [0.1, 0.15) is 52.4 Å². The summed E-state index contributed by atoms with van der Waals surface area (Å²) in [6, 6.07) is 13.8. The first kappa shape index (κ1) is 29.2. The van der Waals surface area contributed by atoms with Crippen LogP contribution >= 0.6 is 0 Å². The van der Waals surface area contributed by atoms with Gasteiger partial charge in [-0.25, -0.2) is 14.1 Å². The summed E-state index contributed by atoms with van der Waals surface area (Å²) in [5.74, 6) is -0.477. The molecule has 1 aliphatic heterocycles. The van der Waals surface area contributed by atoms with Crippen LogP contribution < -0.4 is 26.2 Å². The molecule has 2 aliphatic rings. The van der Waals surface area contributed by atoms with E-state index in [1.165, 1.54) is 19.3 Å². The van der Waals surface area contributed by atoms with E-state index in [2.05, 4.69) is 21.0 Å². The molecule has 1 fully saturated rings. The molecule has 2 amide bonds. The number of hydrogen-bond acceptors (Lipinski definition) is 7. The number of fused-ring (bicyclic) bond motifs is 1. The summed E-state index contributed by atoms with van der Waals surface area (Å²) in [6.45, 7) is 2.46. The molecule has 11 heteroatoms. The molecule has 2 unspecified atom stereocenters. The lowest BCUT2D eigenvalue weighted by atomic mass is 9.95. The smallest absolute Gasteiger partial charge is 0.279 e. The van der Waals surface area contributed by atoms with Crippen molar-refractivity contribution < 1.29 is 18.7 Å². The minimum Gasteiger partial charge on any atom is -0.481 e. The molecule has 0 radical (unpaired) electrons. The molecule has 2 aromatic heterocycles. The second kappa shape index (κ2) is 12.0. The van der Waals surface area contributed by atoms with Crippen LogP contribution in [0.4, 0.5) is 10.1 Å². The van der Waals surface area contributed by atoms with E-state index in [0.717, 1.165) is 35.1 Å². The van der Waals surface area contributed by atoms with E-state index in [0.29, 0.717) is 52.5 Å². The first-order valence-electron chi connectivity index (χ1n) is 14.6. The minimum absolute atomic E-state index is 0.0307. The maximum absolute atomic E-state index is 16.3. The molecule has 2 atom stereocenters. The fraction of sp³-hybridized carbons (Fsp3) is 0.303. The molecule has 10 nitrogen and oxygen atoms in total. The average molecular weight is 597 g/mol. The molecule has 44 heavy (non-hydrogen) atoms. The van der Waals surface area contributed by atoms with Crippen LogP contribution in [0.15, 0.2) is 59.5 Å². The molecule has 3 heterocycles. The van der Waals surface area contributed by atoms with E-state index >= 15 is 4.39 Å². The summed E-state index contributed by atoms with van der Waals surface area (Å²) in [4.78, 5) is 41.6. The van der Waals surface area contributed by atoms with Gasteiger partial charge in [0.15, 0.2) is 0 Å². The highest BCUT2D eigenvalue weighted by atomic mass is 19.1. The highest BCUT2D eigenvalue weighted by Gasteiger charge is 2.30. The summed E-state index contributed by atoms with van der Waals surface area (Å²) in [5.41, 5.74) is 4.34. The molecular weight excluding hydrogens is 563 g/mol. The number of methoxy groups -OCH3 is 1. The lowest BCUT2D eigenvalue weighted by molar-refractivity contribution is -0.119. The molecular formula is C33H33FN6O4. The Morgan fingerprint density at radius 3 is 2.64 bits per heavy atom. The number of anilines is 1. The topological polar surface area (TPSA) is 127 Å². The van der Waals surface area contributed by atoms with Crippen LogP contribution in [0.2, 0.25) is 0 Å². The van der Waals surface area contributed by atoms with Gasteiger partial charge in [0, 0.05) is 60.7 Å². The summed E-state index contributed by atoms with van der Waals surface area (Å²) in [7, 11) is 3.04. The van der Waals surface area contributed by atoms with E-state index in [1.807, 2.05) is 6.07 Å². The molecule has 0 saturated carbocycles. The summed E-state index contributed by atoms with van der Waals surface area (Å²) in [6.07, 6.45) is 4.39. The van der Waals surface area contributed by atoms with Gasteiger partial charge in [0.05, 0.1) is 12.8 Å². The van der Waals surface area contributed by atoms with Crippen molar-refractivity contribution in [1.82, 2.24) is 25.4 Å². The molecule has 1 saturated heterocycles. The number of aryl methyl sites for hydroxylation is 2. The van der Waals surface area contributed by atoms with Crippen LogP contribution in [0, 0.1) is 12.7 Å². The van der Waals surface area contributed by atoms with Crippen molar-refractivity contribution in [3.63, 3.8) is 0 Å². The maximum Gasteiger partial charge on any atom is 0.279 e. The van der Waals surface area contributed by atoms with E-state index in [1.54, 1.807) is 50.4 Å². The third-order valence-electron chi connectivity index (χ3n) is 8.45. The number of nitrogens with one attached hydrogen (secondary N) is 3. The zero-order valence-electron chi connectivity index (χ0n) is 24.7. The van der Waals surface area contributed by atoms with Crippen molar-refractivity contribution in [2.24, 2.45) is 7.05 Å². The Hall–Kier alpha value is -4.90. The predicted molar refractivity (Wildman–Crippen MR) is 164 cm³/mol. The van der Waals surface area contributed by atoms with Crippen LogP contribution in [-0.4, -0.2) is 46.3 Å². The van der Waals surface area contributed by atoms with Gasteiger partial charge < -0.3 is 20.7 Å². The van der Waals surface area contributed by atoms with Crippen LogP contribution in [0.3, 0.4) is 0 Å². The summed E-state index contributed by atoms with van der Waals surface area (Å²) in [5, 5.41) is 13.2. The zero-order chi connectivity index (χ0) is 31.0. The van der Waals surface area contributed by atoms with Crippen LogP contribution in [-0.2, 0) is 18.3 Å². The van der Waals surface area contributed by atoms with Gasteiger partial charge in [-0.1, -0.05) is 24.3 Å². The number of hydrogen-bond donors (Lipinski definition) is 3. The monoisotopic (exact) mass is 596 g/mol. The van der Waals surface area contributed by atoms with Crippen molar-refractivity contribution in [1.29, 1.82) is 0 Å². The van der Waals surface area contributed by atoms with Gasteiger partial charge in [0.25, 0.3) is 11.5 Å². The van der Waals surface area contributed by atoms with E-state index in [9.17, 15) is 14.4 Å². The van der Waals surface area contributed by atoms with Gasteiger partial charge in [-0.05, 0) is 67.1 Å². The Bertz CT molecular complexity index is 1840. The first-order valence-corrected chi connectivity index (χ1v) is 14.6. The molecule has 6 rings (SSSR count). The Morgan fingerprint density at radius 1 is 1.09 bits per heavy atom. The SMILES string of the molecule is COc1nc(-c2cccc(-c3cccc(NC(=O)c4ccnn(C)c4=O)c3C)c2F)cc2c1C(NCC1CCC(=O)N1)CC2. The molecule has 226 valence electrons. The second-order valence-electron chi connectivity index (χ2n) is 11.2. The molecule has 0 bridgehead atoms. The number of halogens is 1. The van der Waals surface area contributed by atoms with E-state index in [-0.39, 0.29) is 23.6 Å². The number of ether oxygens (including phenoxy) is 1. The number of carbonyl (C=O) groups excluding carboxylic acids is 2. The summed E-state index contributed by atoms with van der Waals surface area (Å²) >= 11 is 0. The fourth-order valence-electron chi connectivity index (χ4n) is 6.09. The Balaban J connectivity index is 1.29. The quantitative estimate of drug-likeness (QED) is 0.280. The maximum atomic E-state index is 16.3. The van der Waals surface area contributed by atoms with Crippen LogP contribution in [0.5, 0.6) is 5.88 Å². The largest absolute Gasteiger partial charge is 0.481 e. The molecule has 1 aliphatic carbocycles. The van der Waals surface area contributed by atoms with Gasteiger partial charge in [0.2, 0.25) is 11.8 Å². The van der Waals surface area contributed by atoms with Gasteiger partial charge in [-0.2, -0.15) is 5.10 Å². The first-order chi connectivity index (χ1) is 21.2. The van der Waals surface area contributed by atoms with Crippen molar-refractivity contribution in [3.8, 4) is 28.3 Å². The second-order valence-corrected chi connectivity index (χ2v) is 11.2. The van der Waals surface area contributed by atoms with Gasteiger partial charge in [-0.3, -0.25) is 14.4 Å². The van der Waals surface area contributed by atoms with Gasteiger partial charge in [-0.15, -0.1) is 0 Å². The number of nitrogens with zero attached hydrogens (tertiary/aromatic N) is 3. The number of pyridine rings is 1. The third kappa shape index (κ3) is 5.46. The van der Waals surface area contributed by atoms with E-state index in [4.69, 9.17) is 9.72 Å².